The minimum absolute atomic E-state index is 0.0124. The van der Waals surface area contributed by atoms with Crippen LogP contribution in [0.2, 0.25) is 0 Å². The predicted octanol–water partition coefficient (Wildman–Crippen LogP) is 3.66. The number of rotatable bonds is 6. The number of likely N-dealkylation sites (N-methyl/N-ethyl adjacent to an activating group) is 1. The second-order valence-electron chi connectivity index (χ2n) is 5.74. The van der Waals surface area contributed by atoms with Gasteiger partial charge in [-0.25, -0.2) is 0 Å². The van der Waals surface area contributed by atoms with E-state index in [1.54, 1.807) is 0 Å². The van der Waals surface area contributed by atoms with Crippen LogP contribution in [-0.4, -0.2) is 25.0 Å². The van der Waals surface area contributed by atoms with Gasteiger partial charge < -0.3 is 5.73 Å². The standard InChI is InChI=1S/C17H24N2S/c1-14(16-10-7-11-20-16)19(3)13-17(2,12-18)15-8-5-4-6-9-15/h4-11,14H,12-13,18H2,1-3H3. The Morgan fingerprint density at radius 2 is 1.90 bits per heavy atom. The molecule has 1 aromatic carbocycles. The predicted molar refractivity (Wildman–Crippen MR) is 88.2 cm³/mol. The van der Waals surface area contributed by atoms with Gasteiger partial charge in [-0.2, -0.15) is 0 Å². The van der Waals surface area contributed by atoms with Gasteiger partial charge in [-0.05, 0) is 31.0 Å². The van der Waals surface area contributed by atoms with E-state index in [4.69, 9.17) is 5.73 Å². The van der Waals surface area contributed by atoms with Crippen LogP contribution in [-0.2, 0) is 5.41 Å². The summed E-state index contributed by atoms with van der Waals surface area (Å²) >= 11 is 1.82. The molecule has 0 fully saturated rings. The number of nitrogens with zero attached hydrogens (tertiary/aromatic N) is 1. The highest BCUT2D eigenvalue weighted by molar-refractivity contribution is 7.10. The molecule has 2 N–H and O–H groups in total. The molecule has 1 heterocycles. The zero-order valence-corrected chi connectivity index (χ0v) is 13.4. The first-order valence-corrected chi connectivity index (χ1v) is 7.94. The molecule has 108 valence electrons. The smallest absolute Gasteiger partial charge is 0.0410 e. The molecule has 2 atom stereocenters. The van der Waals surface area contributed by atoms with Crippen LogP contribution in [0.25, 0.3) is 0 Å². The molecular weight excluding hydrogens is 264 g/mol. The molecule has 0 amide bonds. The van der Waals surface area contributed by atoms with Crippen molar-refractivity contribution in [3.05, 3.63) is 58.3 Å². The maximum absolute atomic E-state index is 6.08. The third-order valence-corrected chi connectivity index (χ3v) is 5.18. The van der Waals surface area contributed by atoms with Crippen molar-refractivity contribution in [3.8, 4) is 0 Å². The van der Waals surface area contributed by atoms with Gasteiger partial charge in [-0.3, -0.25) is 4.90 Å². The Kier molecular flexibility index (Phi) is 4.97. The van der Waals surface area contributed by atoms with E-state index >= 15 is 0 Å². The second kappa shape index (κ2) is 6.53. The van der Waals surface area contributed by atoms with Crippen LogP contribution in [0.1, 0.15) is 30.3 Å². The lowest BCUT2D eigenvalue weighted by atomic mass is 9.82. The Hall–Kier alpha value is -1.16. The van der Waals surface area contributed by atoms with Crippen LogP contribution >= 0.6 is 11.3 Å². The van der Waals surface area contributed by atoms with Gasteiger partial charge in [0.2, 0.25) is 0 Å². The first-order valence-electron chi connectivity index (χ1n) is 7.06. The lowest BCUT2D eigenvalue weighted by Crippen LogP contribution is -2.43. The highest BCUT2D eigenvalue weighted by Crippen LogP contribution is 2.29. The van der Waals surface area contributed by atoms with Crippen molar-refractivity contribution in [1.29, 1.82) is 0 Å². The van der Waals surface area contributed by atoms with Gasteiger partial charge in [0.05, 0.1) is 0 Å². The average Bonchev–Trinajstić information content (AvgIpc) is 3.01. The van der Waals surface area contributed by atoms with Crippen molar-refractivity contribution in [2.24, 2.45) is 5.73 Å². The fourth-order valence-corrected chi connectivity index (χ4v) is 3.40. The second-order valence-corrected chi connectivity index (χ2v) is 6.72. The maximum atomic E-state index is 6.08. The topological polar surface area (TPSA) is 29.3 Å². The Morgan fingerprint density at radius 1 is 1.20 bits per heavy atom. The van der Waals surface area contributed by atoms with Crippen LogP contribution in [0.5, 0.6) is 0 Å². The number of benzene rings is 1. The molecule has 2 nitrogen and oxygen atoms in total. The SMILES string of the molecule is CC(c1cccs1)N(C)CC(C)(CN)c1ccccc1. The van der Waals surface area contributed by atoms with Gasteiger partial charge in [-0.15, -0.1) is 11.3 Å². The molecule has 3 heteroatoms. The van der Waals surface area contributed by atoms with Crippen LogP contribution < -0.4 is 5.73 Å². The highest BCUT2D eigenvalue weighted by atomic mass is 32.1. The molecule has 2 unspecified atom stereocenters. The number of nitrogens with two attached hydrogens (primary N) is 1. The van der Waals surface area contributed by atoms with E-state index in [1.807, 2.05) is 11.3 Å². The third kappa shape index (κ3) is 3.29. The molecule has 0 radical (unpaired) electrons. The minimum Gasteiger partial charge on any atom is -0.330 e. The monoisotopic (exact) mass is 288 g/mol. The van der Waals surface area contributed by atoms with E-state index in [2.05, 4.69) is 73.6 Å². The summed E-state index contributed by atoms with van der Waals surface area (Å²) in [6.45, 7) is 6.11. The fourth-order valence-electron chi connectivity index (χ4n) is 2.55. The van der Waals surface area contributed by atoms with Crippen molar-refractivity contribution in [3.63, 3.8) is 0 Å². The molecule has 0 aliphatic carbocycles. The lowest BCUT2D eigenvalue weighted by Gasteiger charge is -2.36. The van der Waals surface area contributed by atoms with E-state index in [1.165, 1.54) is 10.4 Å². The van der Waals surface area contributed by atoms with Gasteiger partial charge in [-0.1, -0.05) is 43.3 Å². The molecule has 0 saturated carbocycles. The number of hydrogen-bond donors (Lipinski definition) is 1. The molecule has 20 heavy (non-hydrogen) atoms. The van der Waals surface area contributed by atoms with Gasteiger partial charge in [0.1, 0.15) is 0 Å². The normalized spacial score (nSPS) is 16.1. The van der Waals surface area contributed by atoms with E-state index in [0.717, 1.165) is 6.54 Å². The Bertz CT molecular complexity index is 509. The molecule has 2 rings (SSSR count). The van der Waals surface area contributed by atoms with Crippen molar-refractivity contribution in [1.82, 2.24) is 4.90 Å². The molecule has 0 bridgehead atoms. The molecule has 0 aliphatic rings. The number of thiophene rings is 1. The first-order chi connectivity index (χ1) is 9.57. The summed E-state index contributed by atoms with van der Waals surface area (Å²) in [4.78, 5) is 3.80. The Morgan fingerprint density at radius 3 is 2.45 bits per heavy atom. The van der Waals surface area contributed by atoms with E-state index < -0.39 is 0 Å². The molecule has 0 saturated heterocycles. The Labute approximate surface area is 126 Å². The fraction of sp³-hybridized carbons (Fsp3) is 0.412. The average molecular weight is 288 g/mol. The molecule has 0 aliphatic heterocycles. The van der Waals surface area contributed by atoms with E-state index in [9.17, 15) is 0 Å². The lowest BCUT2D eigenvalue weighted by molar-refractivity contribution is 0.209. The van der Waals surface area contributed by atoms with Gasteiger partial charge in [0, 0.05) is 29.4 Å². The summed E-state index contributed by atoms with van der Waals surface area (Å²) in [7, 11) is 2.18. The molecule has 2 aromatic rings. The van der Waals surface area contributed by atoms with Crippen molar-refractivity contribution in [2.45, 2.75) is 25.3 Å². The summed E-state index contributed by atoms with van der Waals surface area (Å²) in [5, 5.41) is 2.14. The number of hydrogen-bond acceptors (Lipinski definition) is 3. The summed E-state index contributed by atoms with van der Waals surface area (Å²) in [6, 6.07) is 15.3. The van der Waals surface area contributed by atoms with Crippen molar-refractivity contribution in [2.75, 3.05) is 20.1 Å². The summed E-state index contributed by atoms with van der Waals surface area (Å²) < 4.78 is 0. The quantitative estimate of drug-likeness (QED) is 0.879. The zero-order valence-electron chi connectivity index (χ0n) is 12.5. The van der Waals surface area contributed by atoms with Gasteiger partial charge in [0.15, 0.2) is 0 Å². The van der Waals surface area contributed by atoms with Crippen LogP contribution in [0.3, 0.4) is 0 Å². The molecule has 0 spiro atoms. The van der Waals surface area contributed by atoms with Gasteiger partial charge in [0.25, 0.3) is 0 Å². The van der Waals surface area contributed by atoms with Crippen LogP contribution in [0.4, 0.5) is 0 Å². The van der Waals surface area contributed by atoms with Gasteiger partial charge >= 0.3 is 0 Å². The molecular formula is C17H24N2S. The summed E-state index contributed by atoms with van der Waals surface area (Å²) in [6.07, 6.45) is 0. The Balaban J connectivity index is 2.14. The van der Waals surface area contributed by atoms with Crippen LogP contribution in [0.15, 0.2) is 47.8 Å². The molecule has 1 aromatic heterocycles. The van der Waals surface area contributed by atoms with Crippen molar-refractivity contribution < 1.29 is 0 Å². The minimum atomic E-state index is -0.0124. The maximum Gasteiger partial charge on any atom is 0.0410 e. The summed E-state index contributed by atoms with van der Waals surface area (Å²) in [5.74, 6) is 0. The largest absolute Gasteiger partial charge is 0.330 e. The third-order valence-electron chi connectivity index (χ3n) is 4.14. The zero-order chi connectivity index (χ0) is 14.6. The van der Waals surface area contributed by atoms with Crippen LogP contribution in [0, 0.1) is 0 Å². The van der Waals surface area contributed by atoms with E-state index in [0.29, 0.717) is 12.6 Å². The first kappa shape index (κ1) is 15.2. The highest BCUT2D eigenvalue weighted by Gasteiger charge is 2.28. The van der Waals surface area contributed by atoms with Crippen molar-refractivity contribution >= 4 is 11.3 Å². The summed E-state index contributed by atoms with van der Waals surface area (Å²) in [5.41, 5.74) is 7.38. The van der Waals surface area contributed by atoms with E-state index in [-0.39, 0.29) is 5.41 Å².